The molecule has 1 fully saturated rings. The molecule has 9 heteroatoms. The second kappa shape index (κ2) is 12.7. The maximum absolute atomic E-state index is 14.0. The molecule has 0 N–H and O–H groups in total. The Balaban J connectivity index is 1.36. The zero-order valence-corrected chi connectivity index (χ0v) is 26.1. The van der Waals surface area contributed by atoms with Crippen LogP contribution in [0.5, 0.6) is 0 Å². The molecule has 0 atom stereocenters. The highest BCUT2D eigenvalue weighted by Gasteiger charge is 2.33. The molecule has 2 aliphatic rings. The number of nitrogens with zero attached hydrogens (tertiary/aromatic N) is 5. The maximum Gasteiger partial charge on any atom is 0.281 e. The molecule has 1 saturated heterocycles. The SMILES string of the molecule is O=C1C(=Cc2cn(-c3ccccc3)nc2-c2cccc(S(=O)(=O)N3CCCCCC3)c2)C(c2ccccc2)=NN1c1ccccc1. The van der Waals surface area contributed by atoms with Crippen molar-refractivity contribution in [2.45, 2.75) is 30.6 Å². The Hall–Kier alpha value is -5.12. The molecule has 3 heterocycles. The minimum absolute atomic E-state index is 0.235. The molecule has 230 valence electrons. The summed E-state index contributed by atoms with van der Waals surface area (Å²) >= 11 is 0. The van der Waals surface area contributed by atoms with E-state index in [2.05, 4.69) is 0 Å². The monoisotopic (exact) mass is 627 g/mol. The average Bonchev–Trinajstić information content (AvgIpc) is 3.54. The van der Waals surface area contributed by atoms with Gasteiger partial charge in [-0.3, -0.25) is 4.79 Å². The van der Waals surface area contributed by atoms with Crippen LogP contribution in [0.15, 0.2) is 137 Å². The third kappa shape index (κ3) is 5.82. The molecule has 8 nitrogen and oxygen atoms in total. The van der Waals surface area contributed by atoms with E-state index < -0.39 is 10.0 Å². The summed E-state index contributed by atoms with van der Waals surface area (Å²) < 4.78 is 30.9. The smallest absolute Gasteiger partial charge is 0.267 e. The molecule has 46 heavy (non-hydrogen) atoms. The first-order valence-electron chi connectivity index (χ1n) is 15.5. The molecule has 1 aromatic heterocycles. The normalized spacial score (nSPS) is 16.9. The lowest BCUT2D eigenvalue weighted by Crippen LogP contribution is -2.31. The Bertz CT molecular complexity index is 2030. The number of sulfonamides is 1. The predicted molar refractivity (Wildman–Crippen MR) is 181 cm³/mol. The van der Waals surface area contributed by atoms with Gasteiger partial charge in [-0.2, -0.15) is 19.5 Å². The van der Waals surface area contributed by atoms with Crippen molar-refractivity contribution in [2.24, 2.45) is 5.10 Å². The molecular weight excluding hydrogens is 595 g/mol. The van der Waals surface area contributed by atoms with E-state index in [0.717, 1.165) is 36.9 Å². The number of carbonyl (C=O) groups excluding carboxylic acids is 1. The molecule has 2 aliphatic heterocycles. The predicted octanol–water partition coefficient (Wildman–Crippen LogP) is 6.94. The van der Waals surface area contributed by atoms with Crippen molar-refractivity contribution < 1.29 is 13.2 Å². The van der Waals surface area contributed by atoms with E-state index in [0.29, 0.717) is 46.9 Å². The minimum atomic E-state index is -3.68. The van der Waals surface area contributed by atoms with Crippen molar-refractivity contribution >= 4 is 33.4 Å². The van der Waals surface area contributed by atoms with Crippen LogP contribution in [0.25, 0.3) is 23.0 Å². The van der Waals surface area contributed by atoms with Gasteiger partial charge in [-0.25, -0.2) is 13.1 Å². The van der Waals surface area contributed by atoms with E-state index in [1.54, 1.807) is 27.2 Å². The van der Waals surface area contributed by atoms with Crippen LogP contribution < -0.4 is 5.01 Å². The summed E-state index contributed by atoms with van der Waals surface area (Å²) in [6, 6.07) is 35.6. The van der Waals surface area contributed by atoms with Crippen LogP contribution in [0, 0.1) is 0 Å². The van der Waals surface area contributed by atoms with Crippen LogP contribution in [-0.4, -0.2) is 47.2 Å². The van der Waals surface area contributed by atoms with Gasteiger partial charge in [0.15, 0.2) is 0 Å². The second-order valence-corrected chi connectivity index (χ2v) is 13.3. The number of benzene rings is 4. The summed E-state index contributed by atoms with van der Waals surface area (Å²) in [5.74, 6) is -0.263. The fourth-order valence-corrected chi connectivity index (χ4v) is 7.48. The van der Waals surface area contributed by atoms with Crippen LogP contribution in [0.4, 0.5) is 5.69 Å². The Labute approximate surface area is 269 Å². The highest BCUT2D eigenvalue weighted by atomic mass is 32.2. The van der Waals surface area contributed by atoms with E-state index in [1.165, 1.54) is 5.01 Å². The number of para-hydroxylation sites is 2. The fraction of sp³-hybridized carbons (Fsp3) is 0.162. The largest absolute Gasteiger partial charge is 0.281 e. The number of anilines is 1. The van der Waals surface area contributed by atoms with Gasteiger partial charge in [-0.15, -0.1) is 0 Å². The van der Waals surface area contributed by atoms with Gasteiger partial charge in [0.25, 0.3) is 5.91 Å². The van der Waals surface area contributed by atoms with E-state index in [-0.39, 0.29) is 10.8 Å². The molecular formula is C37H33N5O3S. The molecule has 1 amide bonds. The lowest BCUT2D eigenvalue weighted by molar-refractivity contribution is -0.114. The first-order chi connectivity index (χ1) is 22.5. The zero-order chi connectivity index (χ0) is 31.5. The molecule has 0 spiro atoms. The molecule has 4 aromatic carbocycles. The number of rotatable bonds is 7. The minimum Gasteiger partial charge on any atom is -0.267 e. The van der Waals surface area contributed by atoms with E-state index in [9.17, 15) is 13.2 Å². The summed E-state index contributed by atoms with van der Waals surface area (Å²) in [6.07, 6.45) is 7.48. The lowest BCUT2D eigenvalue weighted by atomic mass is 9.99. The third-order valence-electron chi connectivity index (χ3n) is 8.30. The number of hydrogen-bond donors (Lipinski definition) is 0. The summed E-state index contributed by atoms with van der Waals surface area (Å²) in [6.45, 7) is 1.04. The Morgan fingerprint density at radius 2 is 1.28 bits per heavy atom. The molecule has 0 aliphatic carbocycles. The lowest BCUT2D eigenvalue weighted by Gasteiger charge is -2.20. The van der Waals surface area contributed by atoms with Crippen molar-refractivity contribution in [3.05, 3.63) is 138 Å². The molecule has 0 saturated carbocycles. The van der Waals surface area contributed by atoms with Gasteiger partial charge in [0.1, 0.15) is 11.4 Å². The van der Waals surface area contributed by atoms with Crippen LogP contribution in [0.3, 0.4) is 0 Å². The van der Waals surface area contributed by atoms with Crippen molar-refractivity contribution in [2.75, 3.05) is 18.1 Å². The summed E-state index contributed by atoms with van der Waals surface area (Å²) in [7, 11) is -3.68. The number of hydrogen-bond acceptors (Lipinski definition) is 5. The van der Waals surface area contributed by atoms with Crippen molar-refractivity contribution in [1.29, 1.82) is 0 Å². The van der Waals surface area contributed by atoms with Crippen molar-refractivity contribution in [3.63, 3.8) is 0 Å². The maximum atomic E-state index is 14.0. The van der Waals surface area contributed by atoms with E-state index >= 15 is 0 Å². The Kier molecular flexibility index (Phi) is 8.17. The number of amides is 1. The summed E-state index contributed by atoms with van der Waals surface area (Å²) in [5, 5.41) is 11.1. The fourth-order valence-electron chi connectivity index (χ4n) is 5.92. The molecule has 7 rings (SSSR count). The highest BCUT2D eigenvalue weighted by molar-refractivity contribution is 7.89. The van der Waals surface area contributed by atoms with E-state index in [4.69, 9.17) is 10.2 Å². The Morgan fingerprint density at radius 1 is 0.674 bits per heavy atom. The topological polar surface area (TPSA) is 87.9 Å². The zero-order valence-electron chi connectivity index (χ0n) is 25.2. The Morgan fingerprint density at radius 3 is 1.96 bits per heavy atom. The van der Waals surface area contributed by atoms with Gasteiger partial charge in [-0.1, -0.05) is 91.7 Å². The van der Waals surface area contributed by atoms with Crippen LogP contribution >= 0.6 is 0 Å². The summed E-state index contributed by atoms with van der Waals surface area (Å²) in [5.41, 5.74) is 5.13. The highest BCUT2D eigenvalue weighted by Crippen LogP contribution is 2.32. The molecule has 5 aromatic rings. The van der Waals surface area contributed by atoms with E-state index in [1.807, 2.05) is 109 Å². The number of aromatic nitrogens is 2. The molecule has 0 unspecified atom stereocenters. The quantitative estimate of drug-likeness (QED) is 0.183. The number of hydrazone groups is 1. The summed E-state index contributed by atoms with van der Waals surface area (Å²) in [4.78, 5) is 14.3. The number of carbonyl (C=O) groups is 1. The van der Waals surface area contributed by atoms with Gasteiger partial charge in [-0.05, 0) is 55.3 Å². The standard InChI is InChI=1S/C37H33N5O3S/c43-37-34(36(28-15-6-3-7-16-28)39-42(37)32-20-10-5-11-21-32)26-30-27-41(31-18-8-4-9-19-31)38-35(30)29-17-14-22-33(25-29)46(44,45)40-23-12-1-2-13-24-40/h3-11,14-22,25-27H,1-2,12-13,23-24H2. The van der Waals surface area contributed by atoms with Gasteiger partial charge in [0.2, 0.25) is 10.0 Å². The second-order valence-electron chi connectivity index (χ2n) is 11.4. The average molecular weight is 628 g/mol. The van der Waals surface area contributed by atoms with Crippen molar-refractivity contribution in [1.82, 2.24) is 14.1 Å². The van der Waals surface area contributed by atoms with Gasteiger partial charge in [0, 0.05) is 36.0 Å². The van der Waals surface area contributed by atoms with Crippen molar-refractivity contribution in [3.8, 4) is 16.9 Å². The van der Waals surface area contributed by atoms with Crippen LogP contribution in [0.1, 0.15) is 36.8 Å². The molecule has 0 radical (unpaired) electrons. The van der Waals surface area contributed by atoms with Gasteiger partial charge >= 0.3 is 0 Å². The van der Waals surface area contributed by atoms with Crippen LogP contribution in [-0.2, 0) is 14.8 Å². The van der Waals surface area contributed by atoms with Crippen LogP contribution in [0.2, 0.25) is 0 Å². The molecule has 0 bridgehead atoms. The first kappa shape index (κ1) is 29.6. The third-order valence-corrected chi connectivity index (χ3v) is 10.2. The van der Waals surface area contributed by atoms with Gasteiger partial charge < -0.3 is 0 Å². The first-order valence-corrected chi connectivity index (χ1v) is 16.9. The van der Waals surface area contributed by atoms with Gasteiger partial charge in [0.05, 0.1) is 21.8 Å².